The van der Waals surface area contributed by atoms with Crippen LogP contribution in [-0.2, 0) is 6.61 Å². The molecule has 130 valence electrons. The highest BCUT2D eigenvalue weighted by atomic mass is 32.1. The van der Waals surface area contributed by atoms with Crippen molar-refractivity contribution < 1.29 is 9.66 Å². The molecule has 0 aliphatic rings. The van der Waals surface area contributed by atoms with Gasteiger partial charge in [0.05, 0.1) is 11.1 Å². The summed E-state index contributed by atoms with van der Waals surface area (Å²) in [4.78, 5) is 10.4. The van der Waals surface area contributed by atoms with E-state index < -0.39 is 4.92 Å². The van der Waals surface area contributed by atoms with Crippen LogP contribution in [0, 0.1) is 10.1 Å². The van der Waals surface area contributed by atoms with Gasteiger partial charge in [0.2, 0.25) is 0 Å². The molecule has 0 aromatic heterocycles. The molecule has 0 heterocycles. The molecule has 0 spiro atoms. The van der Waals surface area contributed by atoms with Gasteiger partial charge in [0.25, 0.3) is 5.69 Å². The van der Waals surface area contributed by atoms with Gasteiger partial charge in [-0.3, -0.25) is 15.5 Å². The van der Waals surface area contributed by atoms with Crippen LogP contribution in [0.25, 0.3) is 0 Å². The maximum atomic E-state index is 10.8. The summed E-state index contributed by atoms with van der Waals surface area (Å²) in [7, 11) is 0. The fourth-order valence-corrected chi connectivity index (χ4v) is 2.20. The minimum absolute atomic E-state index is 0.0390. The van der Waals surface area contributed by atoms with Crippen molar-refractivity contribution in [3.05, 3.63) is 69.8 Å². The molecule has 0 saturated carbocycles. The number of rotatable bonds is 7. The standard InChI is InChI=1S/C17H18N4O3S/c1-2-18-17(25)20-19-11-14-7-3-4-9-16(14)24-12-13-6-5-8-15(10-13)21(22)23/h3-11H,2,12H2,1H3,(H2,18,20,25). The first-order valence-electron chi connectivity index (χ1n) is 7.62. The predicted molar refractivity (Wildman–Crippen MR) is 101 cm³/mol. The molecule has 0 aliphatic heterocycles. The van der Waals surface area contributed by atoms with Gasteiger partial charge < -0.3 is 10.1 Å². The van der Waals surface area contributed by atoms with E-state index in [2.05, 4.69) is 15.8 Å². The van der Waals surface area contributed by atoms with E-state index in [1.807, 2.05) is 25.1 Å². The second-order valence-electron chi connectivity index (χ2n) is 4.98. The first-order chi connectivity index (χ1) is 12.1. The van der Waals surface area contributed by atoms with Crippen LogP contribution in [0.5, 0.6) is 5.75 Å². The van der Waals surface area contributed by atoms with Gasteiger partial charge in [0.15, 0.2) is 5.11 Å². The fraction of sp³-hybridized carbons (Fsp3) is 0.176. The lowest BCUT2D eigenvalue weighted by atomic mass is 10.2. The third-order valence-electron chi connectivity index (χ3n) is 3.14. The molecule has 2 aromatic carbocycles. The highest BCUT2D eigenvalue weighted by Crippen LogP contribution is 2.19. The smallest absolute Gasteiger partial charge is 0.269 e. The van der Waals surface area contributed by atoms with E-state index in [0.29, 0.717) is 23.0 Å². The van der Waals surface area contributed by atoms with Crippen LogP contribution in [0.15, 0.2) is 53.6 Å². The van der Waals surface area contributed by atoms with Gasteiger partial charge in [0.1, 0.15) is 12.4 Å². The Kier molecular flexibility index (Phi) is 6.85. The van der Waals surface area contributed by atoms with Crippen LogP contribution in [0.4, 0.5) is 5.69 Å². The number of benzene rings is 2. The predicted octanol–water partition coefficient (Wildman–Crippen LogP) is 2.99. The van der Waals surface area contributed by atoms with Gasteiger partial charge >= 0.3 is 0 Å². The van der Waals surface area contributed by atoms with Gasteiger partial charge in [-0.15, -0.1) is 0 Å². The number of non-ortho nitro benzene ring substituents is 1. The van der Waals surface area contributed by atoms with Gasteiger partial charge in [-0.2, -0.15) is 5.10 Å². The summed E-state index contributed by atoms with van der Waals surface area (Å²) in [6.07, 6.45) is 1.60. The maximum absolute atomic E-state index is 10.8. The number of hydrazone groups is 1. The molecular formula is C17H18N4O3S. The van der Waals surface area contributed by atoms with E-state index in [-0.39, 0.29) is 12.3 Å². The van der Waals surface area contributed by atoms with E-state index >= 15 is 0 Å². The van der Waals surface area contributed by atoms with Crippen molar-refractivity contribution in [1.82, 2.24) is 10.7 Å². The Morgan fingerprint density at radius 1 is 1.32 bits per heavy atom. The van der Waals surface area contributed by atoms with Gasteiger partial charge in [-0.1, -0.05) is 24.3 Å². The first kappa shape index (κ1) is 18.3. The molecule has 0 radical (unpaired) electrons. The zero-order valence-corrected chi connectivity index (χ0v) is 14.5. The summed E-state index contributed by atoms with van der Waals surface area (Å²) in [6.45, 7) is 2.87. The summed E-state index contributed by atoms with van der Waals surface area (Å²) in [6, 6.07) is 13.7. The summed E-state index contributed by atoms with van der Waals surface area (Å²) in [5.41, 5.74) is 4.23. The Balaban J connectivity index is 2.03. The lowest BCUT2D eigenvalue weighted by molar-refractivity contribution is -0.384. The highest BCUT2D eigenvalue weighted by Gasteiger charge is 2.07. The Bertz CT molecular complexity index is 780. The molecule has 0 saturated heterocycles. The molecule has 25 heavy (non-hydrogen) atoms. The lowest BCUT2D eigenvalue weighted by Crippen LogP contribution is -2.31. The summed E-state index contributed by atoms with van der Waals surface area (Å²) in [5, 5.41) is 18.3. The van der Waals surface area contributed by atoms with E-state index in [9.17, 15) is 10.1 Å². The number of ether oxygens (including phenoxy) is 1. The van der Waals surface area contributed by atoms with E-state index in [4.69, 9.17) is 17.0 Å². The van der Waals surface area contributed by atoms with Crippen molar-refractivity contribution in [2.24, 2.45) is 5.10 Å². The SMILES string of the molecule is CCNC(=S)NN=Cc1ccccc1OCc1cccc([N+](=O)[O-])c1. The second kappa shape index (κ2) is 9.33. The topological polar surface area (TPSA) is 88.8 Å². The zero-order chi connectivity index (χ0) is 18.1. The van der Waals surface area contributed by atoms with Crippen molar-refractivity contribution >= 4 is 29.2 Å². The summed E-state index contributed by atoms with van der Waals surface area (Å²) < 4.78 is 5.77. The molecule has 0 fully saturated rings. The molecule has 0 unspecified atom stereocenters. The fourth-order valence-electron chi connectivity index (χ4n) is 2.00. The maximum Gasteiger partial charge on any atom is 0.269 e. The third-order valence-corrected chi connectivity index (χ3v) is 3.38. The monoisotopic (exact) mass is 358 g/mol. The normalized spacial score (nSPS) is 10.4. The van der Waals surface area contributed by atoms with Gasteiger partial charge in [-0.25, -0.2) is 0 Å². The molecule has 0 aliphatic carbocycles. The van der Waals surface area contributed by atoms with Crippen LogP contribution in [0.2, 0.25) is 0 Å². The Hall–Kier alpha value is -3.00. The van der Waals surface area contributed by atoms with Crippen molar-refractivity contribution in [3.8, 4) is 5.75 Å². The molecule has 8 heteroatoms. The second-order valence-corrected chi connectivity index (χ2v) is 5.39. The minimum atomic E-state index is -0.428. The number of nitro benzene ring substituents is 1. The van der Waals surface area contributed by atoms with Crippen LogP contribution in [0.3, 0.4) is 0 Å². The molecule has 2 aromatic rings. The van der Waals surface area contributed by atoms with Crippen molar-refractivity contribution in [2.75, 3.05) is 6.54 Å². The molecule has 2 N–H and O–H groups in total. The van der Waals surface area contributed by atoms with Crippen LogP contribution in [-0.4, -0.2) is 22.8 Å². The van der Waals surface area contributed by atoms with Crippen LogP contribution >= 0.6 is 12.2 Å². The van der Waals surface area contributed by atoms with Crippen LogP contribution in [0.1, 0.15) is 18.1 Å². The van der Waals surface area contributed by atoms with Crippen molar-refractivity contribution in [2.45, 2.75) is 13.5 Å². The molecule has 7 nitrogen and oxygen atoms in total. The Morgan fingerprint density at radius 3 is 2.88 bits per heavy atom. The number of hydrogen-bond acceptors (Lipinski definition) is 5. The quantitative estimate of drug-likeness (QED) is 0.342. The summed E-state index contributed by atoms with van der Waals surface area (Å²) >= 11 is 5.03. The average Bonchev–Trinajstić information content (AvgIpc) is 2.61. The largest absolute Gasteiger partial charge is 0.488 e. The van der Waals surface area contributed by atoms with Crippen LogP contribution < -0.4 is 15.5 Å². The van der Waals surface area contributed by atoms with E-state index in [0.717, 1.165) is 5.56 Å². The number of nitrogens with one attached hydrogen (secondary N) is 2. The van der Waals surface area contributed by atoms with Gasteiger partial charge in [-0.05, 0) is 36.8 Å². The molecule has 2 rings (SSSR count). The highest BCUT2D eigenvalue weighted by molar-refractivity contribution is 7.80. The summed E-state index contributed by atoms with van der Waals surface area (Å²) in [5.74, 6) is 0.619. The van der Waals surface area contributed by atoms with Gasteiger partial charge in [0, 0.05) is 24.2 Å². The number of nitrogens with zero attached hydrogens (tertiary/aromatic N) is 2. The van der Waals surface area contributed by atoms with Crippen molar-refractivity contribution in [1.29, 1.82) is 0 Å². The molecular weight excluding hydrogens is 340 g/mol. The number of hydrogen-bond donors (Lipinski definition) is 2. The average molecular weight is 358 g/mol. The number of thiocarbonyl (C=S) groups is 1. The molecule has 0 bridgehead atoms. The Labute approximate surface area is 150 Å². The first-order valence-corrected chi connectivity index (χ1v) is 8.03. The zero-order valence-electron chi connectivity index (χ0n) is 13.6. The third kappa shape index (κ3) is 5.85. The Morgan fingerprint density at radius 2 is 2.12 bits per heavy atom. The number of para-hydroxylation sites is 1. The molecule has 0 amide bonds. The van der Waals surface area contributed by atoms with Crippen molar-refractivity contribution in [3.63, 3.8) is 0 Å². The lowest BCUT2D eigenvalue weighted by Gasteiger charge is -2.09. The van der Waals surface area contributed by atoms with E-state index in [1.54, 1.807) is 24.4 Å². The van der Waals surface area contributed by atoms with E-state index in [1.165, 1.54) is 12.1 Å². The number of nitro groups is 1. The molecule has 0 atom stereocenters. The minimum Gasteiger partial charge on any atom is -0.488 e.